The zero-order valence-corrected chi connectivity index (χ0v) is 9.98. The molecule has 1 amide bonds. The van der Waals surface area contributed by atoms with Crippen LogP contribution in [0.2, 0.25) is 0 Å². The molecule has 2 aromatic rings. The van der Waals surface area contributed by atoms with Gasteiger partial charge in [0.05, 0.1) is 6.20 Å². The normalized spacial score (nSPS) is 10.7. The van der Waals surface area contributed by atoms with Crippen molar-refractivity contribution >= 4 is 5.91 Å². The number of hydrogen-bond donors (Lipinski definition) is 2. The van der Waals surface area contributed by atoms with Crippen LogP contribution in [0.1, 0.15) is 22.6 Å². The molecule has 104 valence electrons. The number of rotatable bonds is 3. The molecule has 5 nitrogen and oxygen atoms in total. The number of amides is 1. The molecule has 0 unspecified atom stereocenters. The van der Waals surface area contributed by atoms with E-state index in [1.807, 2.05) is 0 Å². The molecule has 0 aromatic carbocycles. The standard InChI is InChI=1S/C12H9F3N4O/c13-8-1-7(4-17-5-8)6-2-9(11(14)15)18-10(3-6)12(20)19-16/h1-5,11H,16H2,(H,19,20). The van der Waals surface area contributed by atoms with Gasteiger partial charge >= 0.3 is 0 Å². The molecule has 2 rings (SSSR count). The van der Waals surface area contributed by atoms with Crippen LogP contribution in [0, 0.1) is 5.82 Å². The fourth-order valence-electron chi connectivity index (χ4n) is 1.59. The van der Waals surface area contributed by atoms with Crippen molar-refractivity contribution in [3.8, 4) is 11.1 Å². The summed E-state index contributed by atoms with van der Waals surface area (Å²) in [6, 6.07) is 3.40. The van der Waals surface area contributed by atoms with Crippen LogP contribution in [-0.2, 0) is 0 Å². The van der Waals surface area contributed by atoms with E-state index in [0.29, 0.717) is 0 Å². The SMILES string of the molecule is NNC(=O)c1cc(-c2cncc(F)c2)cc(C(F)F)n1. The molecular formula is C12H9F3N4O. The van der Waals surface area contributed by atoms with Crippen LogP contribution in [0.25, 0.3) is 11.1 Å². The molecular weight excluding hydrogens is 273 g/mol. The third-order valence-electron chi connectivity index (χ3n) is 2.47. The molecule has 0 bridgehead atoms. The Labute approximate surface area is 111 Å². The maximum Gasteiger partial charge on any atom is 0.283 e. The molecule has 2 heterocycles. The lowest BCUT2D eigenvalue weighted by atomic mass is 10.1. The van der Waals surface area contributed by atoms with E-state index in [-0.39, 0.29) is 16.8 Å². The van der Waals surface area contributed by atoms with Gasteiger partial charge in [-0.3, -0.25) is 15.2 Å². The van der Waals surface area contributed by atoms with Gasteiger partial charge in [-0.05, 0) is 23.8 Å². The highest BCUT2D eigenvalue weighted by atomic mass is 19.3. The highest BCUT2D eigenvalue weighted by Gasteiger charge is 2.16. The highest BCUT2D eigenvalue weighted by Crippen LogP contribution is 2.25. The van der Waals surface area contributed by atoms with Crippen molar-refractivity contribution in [2.75, 3.05) is 0 Å². The van der Waals surface area contributed by atoms with Gasteiger partial charge in [0.15, 0.2) is 0 Å². The molecule has 2 aromatic heterocycles. The van der Waals surface area contributed by atoms with Crippen LogP contribution in [-0.4, -0.2) is 15.9 Å². The van der Waals surface area contributed by atoms with Gasteiger partial charge in [0.1, 0.15) is 17.2 Å². The lowest BCUT2D eigenvalue weighted by Crippen LogP contribution is -2.31. The Bertz CT molecular complexity index is 648. The number of aromatic nitrogens is 2. The van der Waals surface area contributed by atoms with E-state index in [2.05, 4.69) is 9.97 Å². The molecule has 8 heteroatoms. The van der Waals surface area contributed by atoms with Crippen molar-refractivity contribution < 1.29 is 18.0 Å². The second kappa shape index (κ2) is 5.66. The Kier molecular flexibility index (Phi) is 3.94. The van der Waals surface area contributed by atoms with E-state index in [1.54, 1.807) is 5.43 Å². The maximum atomic E-state index is 13.1. The van der Waals surface area contributed by atoms with Gasteiger partial charge in [-0.25, -0.2) is 24.0 Å². The maximum absolute atomic E-state index is 13.1. The number of hydrazine groups is 1. The number of nitrogens with one attached hydrogen (secondary N) is 1. The zero-order chi connectivity index (χ0) is 14.7. The Morgan fingerprint density at radius 2 is 1.95 bits per heavy atom. The minimum atomic E-state index is -2.87. The Morgan fingerprint density at radius 3 is 2.55 bits per heavy atom. The van der Waals surface area contributed by atoms with Crippen molar-refractivity contribution in [3.05, 3.63) is 47.8 Å². The molecule has 0 fully saturated rings. The van der Waals surface area contributed by atoms with E-state index in [4.69, 9.17) is 5.84 Å². The molecule has 3 N–H and O–H groups in total. The lowest BCUT2D eigenvalue weighted by molar-refractivity contribution is 0.0946. The van der Waals surface area contributed by atoms with E-state index in [9.17, 15) is 18.0 Å². The van der Waals surface area contributed by atoms with Crippen LogP contribution in [0.5, 0.6) is 0 Å². The first kappa shape index (κ1) is 13.9. The first-order valence-electron chi connectivity index (χ1n) is 5.43. The highest BCUT2D eigenvalue weighted by molar-refractivity contribution is 5.93. The number of hydrogen-bond acceptors (Lipinski definition) is 4. The number of halogens is 3. The average Bonchev–Trinajstić information content (AvgIpc) is 2.45. The van der Waals surface area contributed by atoms with Crippen LogP contribution < -0.4 is 11.3 Å². The summed E-state index contributed by atoms with van der Waals surface area (Å²) < 4.78 is 38.7. The molecule has 0 radical (unpaired) electrons. The third kappa shape index (κ3) is 2.91. The number of alkyl halides is 2. The number of nitrogens with two attached hydrogens (primary N) is 1. The van der Waals surface area contributed by atoms with Gasteiger partial charge in [0.2, 0.25) is 0 Å². The van der Waals surface area contributed by atoms with Gasteiger partial charge in [0.25, 0.3) is 12.3 Å². The van der Waals surface area contributed by atoms with Crippen LogP contribution in [0.15, 0.2) is 30.6 Å². The van der Waals surface area contributed by atoms with Crippen LogP contribution in [0.3, 0.4) is 0 Å². The summed E-state index contributed by atoms with van der Waals surface area (Å²) in [5.74, 6) is 3.50. The summed E-state index contributed by atoms with van der Waals surface area (Å²) in [5, 5.41) is 0. The number of carbonyl (C=O) groups is 1. The van der Waals surface area contributed by atoms with Crippen molar-refractivity contribution in [3.63, 3.8) is 0 Å². The quantitative estimate of drug-likeness (QED) is 0.511. The number of carbonyl (C=O) groups excluding carboxylic acids is 1. The smallest absolute Gasteiger partial charge is 0.283 e. The Morgan fingerprint density at radius 1 is 1.20 bits per heavy atom. The summed E-state index contributed by atoms with van der Waals surface area (Å²) in [6.07, 6.45) is -0.606. The summed E-state index contributed by atoms with van der Waals surface area (Å²) in [4.78, 5) is 18.5. The van der Waals surface area contributed by atoms with E-state index in [1.165, 1.54) is 12.3 Å². The van der Waals surface area contributed by atoms with Crippen LogP contribution >= 0.6 is 0 Å². The summed E-state index contributed by atoms with van der Waals surface area (Å²) in [6.45, 7) is 0. The van der Waals surface area contributed by atoms with Gasteiger partial charge in [0, 0.05) is 11.8 Å². The van der Waals surface area contributed by atoms with Gasteiger partial charge in [-0.15, -0.1) is 0 Å². The molecule has 0 spiro atoms. The fourth-order valence-corrected chi connectivity index (χ4v) is 1.59. The van der Waals surface area contributed by atoms with E-state index >= 15 is 0 Å². The Balaban J connectivity index is 2.57. The first-order chi connectivity index (χ1) is 9.51. The first-order valence-corrected chi connectivity index (χ1v) is 5.43. The molecule has 20 heavy (non-hydrogen) atoms. The summed E-state index contributed by atoms with van der Waals surface area (Å²) >= 11 is 0. The van der Waals surface area contributed by atoms with Gasteiger partial charge < -0.3 is 0 Å². The zero-order valence-electron chi connectivity index (χ0n) is 9.98. The number of nitrogen functional groups attached to an aromatic ring is 1. The van der Waals surface area contributed by atoms with Gasteiger partial charge in [-0.1, -0.05) is 0 Å². The minimum absolute atomic E-state index is 0.195. The van der Waals surface area contributed by atoms with Crippen molar-refractivity contribution in [2.45, 2.75) is 6.43 Å². The van der Waals surface area contributed by atoms with Crippen molar-refractivity contribution in [1.29, 1.82) is 0 Å². The second-order valence-electron chi connectivity index (χ2n) is 3.83. The Hall–Kier alpha value is -2.48. The second-order valence-corrected chi connectivity index (χ2v) is 3.83. The van der Waals surface area contributed by atoms with Crippen molar-refractivity contribution in [2.24, 2.45) is 5.84 Å². The monoisotopic (exact) mass is 282 g/mol. The predicted octanol–water partition coefficient (Wildman–Crippen LogP) is 1.82. The number of nitrogens with zero attached hydrogens (tertiary/aromatic N) is 2. The topological polar surface area (TPSA) is 80.9 Å². The van der Waals surface area contributed by atoms with Crippen LogP contribution in [0.4, 0.5) is 13.2 Å². The molecule has 0 aliphatic rings. The number of pyridine rings is 2. The summed E-state index contributed by atoms with van der Waals surface area (Å²) in [5.41, 5.74) is 1.35. The molecule has 0 aliphatic carbocycles. The molecule has 0 saturated carbocycles. The van der Waals surface area contributed by atoms with Gasteiger partial charge in [-0.2, -0.15) is 0 Å². The predicted molar refractivity (Wildman–Crippen MR) is 64.0 cm³/mol. The van der Waals surface area contributed by atoms with E-state index < -0.39 is 23.8 Å². The molecule has 0 saturated heterocycles. The average molecular weight is 282 g/mol. The molecule has 0 atom stereocenters. The lowest BCUT2D eigenvalue weighted by Gasteiger charge is -2.08. The largest absolute Gasteiger partial charge is 0.289 e. The minimum Gasteiger partial charge on any atom is -0.289 e. The van der Waals surface area contributed by atoms with Crippen molar-refractivity contribution in [1.82, 2.24) is 15.4 Å². The summed E-state index contributed by atoms with van der Waals surface area (Å²) in [7, 11) is 0. The third-order valence-corrected chi connectivity index (χ3v) is 2.47. The fraction of sp³-hybridized carbons (Fsp3) is 0.0833. The molecule has 0 aliphatic heterocycles. The van der Waals surface area contributed by atoms with E-state index in [0.717, 1.165) is 18.3 Å².